The fraction of sp³-hybridized carbons (Fsp3) is 0.727. The first kappa shape index (κ1) is 13.8. The molecule has 8 heteroatoms. The van der Waals surface area contributed by atoms with E-state index in [4.69, 9.17) is 20.1 Å². The Morgan fingerprint density at radius 3 is 2.16 bits per heavy atom. The average Bonchev–Trinajstić information content (AvgIpc) is 3.12. The molecule has 2 fully saturated rings. The van der Waals surface area contributed by atoms with E-state index in [1.54, 1.807) is 6.92 Å². The van der Waals surface area contributed by atoms with Crippen LogP contribution in [0.15, 0.2) is 0 Å². The van der Waals surface area contributed by atoms with Crippen LogP contribution in [0.4, 0.5) is 0 Å². The lowest BCUT2D eigenvalue weighted by Crippen LogP contribution is -2.38. The molecule has 8 nitrogen and oxygen atoms in total. The first-order chi connectivity index (χ1) is 8.91. The van der Waals surface area contributed by atoms with Gasteiger partial charge in [-0.15, -0.1) is 0 Å². The maximum Gasteiger partial charge on any atom is 0.322 e. The lowest BCUT2D eigenvalue weighted by atomic mass is 9.89. The third-order valence-corrected chi connectivity index (χ3v) is 3.73. The standard InChI is InChI=1S/C11H15NO7/c1-2-19-10(18)5(4-13)3-11-6(8(14)15)12(11)7(11)9(16)17/h5-7,13H,2-4H2,1H3,(H,14,15)(H,16,17). The second kappa shape index (κ2) is 4.46. The predicted molar refractivity (Wildman–Crippen MR) is 59.2 cm³/mol. The summed E-state index contributed by atoms with van der Waals surface area (Å²) in [4.78, 5) is 34.7. The summed E-state index contributed by atoms with van der Waals surface area (Å²) in [5, 5.41) is 27.0. The van der Waals surface area contributed by atoms with E-state index >= 15 is 0 Å². The Morgan fingerprint density at radius 2 is 1.79 bits per heavy atom. The summed E-state index contributed by atoms with van der Waals surface area (Å²) in [6.07, 6.45) is -0.0176. The van der Waals surface area contributed by atoms with Crippen LogP contribution >= 0.6 is 0 Å². The van der Waals surface area contributed by atoms with Gasteiger partial charge in [-0.3, -0.25) is 19.3 Å². The van der Waals surface area contributed by atoms with Gasteiger partial charge in [-0.05, 0) is 13.3 Å². The molecule has 3 unspecified atom stereocenters. The number of fused-ring (bicyclic) bond motifs is 1. The number of esters is 1. The van der Waals surface area contributed by atoms with Gasteiger partial charge in [0.15, 0.2) is 0 Å². The summed E-state index contributed by atoms with van der Waals surface area (Å²) in [5.41, 5.74) is -1.03. The number of carboxylic acids is 2. The Balaban J connectivity index is 2.06. The molecule has 0 saturated carbocycles. The molecule has 0 spiro atoms. The molecule has 0 aliphatic carbocycles. The third-order valence-electron chi connectivity index (χ3n) is 3.73. The minimum absolute atomic E-state index is 0.0176. The van der Waals surface area contributed by atoms with Crippen LogP contribution in [0.3, 0.4) is 0 Å². The minimum Gasteiger partial charge on any atom is -0.480 e. The van der Waals surface area contributed by atoms with Gasteiger partial charge in [-0.2, -0.15) is 0 Å². The average molecular weight is 273 g/mol. The lowest BCUT2D eigenvalue weighted by Gasteiger charge is -2.16. The van der Waals surface area contributed by atoms with Gasteiger partial charge in [0.25, 0.3) is 0 Å². The minimum atomic E-state index is -1.11. The van der Waals surface area contributed by atoms with Crippen molar-refractivity contribution in [2.45, 2.75) is 31.0 Å². The Kier molecular flexibility index (Phi) is 3.23. The van der Waals surface area contributed by atoms with Gasteiger partial charge >= 0.3 is 17.9 Å². The topological polar surface area (TPSA) is 124 Å². The van der Waals surface area contributed by atoms with Gasteiger partial charge in [-0.25, -0.2) is 0 Å². The molecule has 2 aliphatic heterocycles. The summed E-state index contributed by atoms with van der Waals surface area (Å²) in [6.45, 7) is 1.27. The van der Waals surface area contributed by atoms with Gasteiger partial charge < -0.3 is 20.1 Å². The smallest absolute Gasteiger partial charge is 0.322 e. The van der Waals surface area contributed by atoms with Gasteiger partial charge in [0.1, 0.15) is 12.1 Å². The van der Waals surface area contributed by atoms with Crippen molar-refractivity contribution in [1.29, 1.82) is 0 Å². The molecule has 2 aliphatic rings. The first-order valence-corrected chi connectivity index (χ1v) is 5.93. The zero-order chi connectivity index (χ0) is 14.4. The monoisotopic (exact) mass is 273 g/mol. The van der Waals surface area contributed by atoms with Crippen LogP contribution in [0.1, 0.15) is 13.3 Å². The Bertz CT molecular complexity index is 413. The van der Waals surface area contributed by atoms with Crippen molar-refractivity contribution in [3.63, 3.8) is 0 Å². The number of aliphatic carboxylic acids is 2. The van der Waals surface area contributed by atoms with Crippen LogP contribution < -0.4 is 0 Å². The summed E-state index contributed by atoms with van der Waals surface area (Å²) in [5.74, 6) is -3.75. The fourth-order valence-electron chi connectivity index (χ4n) is 2.83. The highest BCUT2D eigenvalue weighted by Crippen LogP contribution is 2.66. The number of nitrogens with zero attached hydrogens (tertiary/aromatic N) is 1. The van der Waals surface area contributed by atoms with E-state index in [1.807, 2.05) is 0 Å². The van der Waals surface area contributed by atoms with E-state index in [1.165, 1.54) is 4.90 Å². The highest BCUT2D eigenvalue weighted by Gasteiger charge is 2.90. The van der Waals surface area contributed by atoms with Crippen molar-refractivity contribution < 1.29 is 34.4 Å². The predicted octanol–water partition coefficient (Wildman–Crippen LogP) is -1.48. The van der Waals surface area contributed by atoms with Crippen LogP contribution in [0.5, 0.6) is 0 Å². The molecule has 2 rings (SSSR count). The molecule has 2 saturated heterocycles. The summed E-state index contributed by atoms with van der Waals surface area (Å²) < 4.78 is 4.77. The number of hydrogen-bond acceptors (Lipinski definition) is 6. The molecule has 0 amide bonds. The van der Waals surface area contributed by atoms with E-state index < -0.39 is 48.1 Å². The molecular weight excluding hydrogens is 258 g/mol. The summed E-state index contributed by atoms with van der Waals surface area (Å²) in [7, 11) is 0. The maximum atomic E-state index is 11.6. The molecule has 3 atom stereocenters. The number of hydrogen-bond donors (Lipinski definition) is 3. The third kappa shape index (κ3) is 1.87. The maximum absolute atomic E-state index is 11.6. The molecule has 0 aromatic rings. The molecule has 0 radical (unpaired) electrons. The van der Waals surface area contributed by atoms with Crippen molar-refractivity contribution in [1.82, 2.24) is 4.90 Å². The van der Waals surface area contributed by atoms with Gasteiger partial charge in [-0.1, -0.05) is 0 Å². The Hall–Kier alpha value is -1.67. The van der Waals surface area contributed by atoms with Gasteiger partial charge in [0.2, 0.25) is 0 Å². The zero-order valence-electron chi connectivity index (χ0n) is 10.3. The SMILES string of the molecule is CCOC(=O)C(CO)CC12C(C(=O)O)N1C2C(=O)O. The van der Waals surface area contributed by atoms with E-state index in [2.05, 4.69) is 0 Å². The van der Waals surface area contributed by atoms with Crippen molar-refractivity contribution in [3.8, 4) is 0 Å². The molecular formula is C11H15NO7. The Labute approximate surface area is 108 Å². The quantitative estimate of drug-likeness (QED) is 0.379. The number of aliphatic hydroxyl groups excluding tert-OH is 1. The fourth-order valence-corrected chi connectivity index (χ4v) is 2.83. The van der Waals surface area contributed by atoms with Crippen LogP contribution in [0, 0.1) is 5.92 Å². The van der Waals surface area contributed by atoms with Gasteiger partial charge in [0.05, 0.1) is 24.7 Å². The van der Waals surface area contributed by atoms with Crippen molar-refractivity contribution >= 4 is 17.9 Å². The van der Waals surface area contributed by atoms with Crippen LogP contribution in [0.25, 0.3) is 0 Å². The van der Waals surface area contributed by atoms with E-state index in [-0.39, 0.29) is 13.0 Å². The van der Waals surface area contributed by atoms with Crippen LogP contribution in [-0.2, 0) is 19.1 Å². The molecule has 3 N–H and O–H groups in total. The van der Waals surface area contributed by atoms with E-state index in [0.717, 1.165) is 0 Å². The number of carboxylic acid groups (broad SMARTS) is 2. The van der Waals surface area contributed by atoms with Crippen molar-refractivity contribution in [2.75, 3.05) is 13.2 Å². The highest BCUT2D eigenvalue weighted by molar-refractivity contribution is 5.94. The number of ether oxygens (including phenoxy) is 1. The molecule has 0 aromatic carbocycles. The molecule has 0 aromatic heterocycles. The van der Waals surface area contributed by atoms with E-state index in [0.29, 0.717) is 0 Å². The number of carbonyl (C=O) groups is 3. The normalized spacial score (nSPS) is 36.0. The zero-order valence-corrected chi connectivity index (χ0v) is 10.3. The number of carbonyl (C=O) groups excluding carboxylic acids is 1. The summed E-state index contributed by atoms with van der Waals surface area (Å²) in [6, 6.07) is -1.76. The highest BCUT2D eigenvalue weighted by atomic mass is 16.5. The van der Waals surface area contributed by atoms with Crippen molar-refractivity contribution in [3.05, 3.63) is 0 Å². The molecule has 106 valence electrons. The number of rotatable bonds is 7. The largest absolute Gasteiger partial charge is 0.480 e. The molecule has 19 heavy (non-hydrogen) atoms. The Morgan fingerprint density at radius 1 is 1.26 bits per heavy atom. The molecule has 0 bridgehead atoms. The van der Waals surface area contributed by atoms with Crippen LogP contribution in [0.2, 0.25) is 0 Å². The first-order valence-electron chi connectivity index (χ1n) is 5.93. The van der Waals surface area contributed by atoms with Crippen LogP contribution in [-0.4, -0.2) is 69.0 Å². The lowest BCUT2D eigenvalue weighted by molar-refractivity contribution is -0.151. The van der Waals surface area contributed by atoms with Gasteiger partial charge in [0, 0.05) is 0 Å². The molecule has 2 heterocycles. The second-order valence-electron chi connectivity index (χ2n) is 4.72. The second-order valence-corrected chi connectivity index (χ2v) is 4.72. The summed E-state index contributed by atoms with van der Waals surface area (Å²) >= 11 is 0. The number of aliphatic hydroxyl groups is 1. The van der Waals surface area contributed by atoms with E-state index in [9.17, 15) is 14.4 Å². The van der Waals surface area contributed by atoms with Crippen molar-refractivity contribution in [2.24, 2.45) is 5.92 Å².